The number of amides is 1. The molecule has 3 rings (SSSR count). The van der Waals surface area contributed by atoms with Crippen molar-refractivity contribution in [2.75, 3.05) is 7.05 Å². The zero-order chi connectivity index (χ0) is 25.1. The molecule has 0 heterocycles. The zero-order valence-corrected chi connectivity index (χ0v) is 18.5. The molecule has 0 aliphatic heterocycles. The first kappa shape index (κ1) is 25.3. The molecule has 1 amide bonds. The van der Waals surface area contributed by atoms with Crippen LogP contribution >= 0.6 is 0 Å². The van der Waals surface area contributed by atoms with Crippen LogP contribution in [0, 0.1) is 0 Å². The van der Waals surface area contributed by atoms with E-state index in [2.05, 4.69) is 0 Å². The van der Waals surface area contributed by atoms with Crippen molar-refractivity contribution in [2.24, 2.45) is 0 Å². The smallest absolute Gasteiger partial charge is 0.338 e. The molecule has 1 atom stereocenters. The summed E-state index contributed by atoms with van der Waals surface area (Å²) >= 11 is 0. The molecule has 3 aromatic rings. The highest BCUT2D eigenvalue weighted by Gasteiger charge is 2.38. The molecular weight excluding hydrogens is 456 g/mol. The molecule has 0 bridgehead atoms. The highest BCUT2D eigenvalue weighted by molar-refractivity contribution is 5.95. The summed E-state index contributed by atoms with van der Waals surface area (Å²) in [6, 6.07) is 19.0. The number of nitrogens with zero attached hydrogens (tertiary/aromatic N) is 1. The van der Waals surface area contributed by atoms with E-state index in [1.165, 1.54) is 11.9 Å². The first-order chi connectivity index (χ1) is 15.9. The van der Waals surface area contributed by atoms with Gasteiger partial charge in [0.2, 0.25) is 0 Å². The van der Waals surface area contributed by atoms with Gasteiger partial charge in [-0.2, -0.15) is 26.3 Å². The fourth-order valence-corrected chi connectivity index (χ4v) is 4.12. The van der Waals surface area contributed by atoms with Crippen molar-refractivity contribution in [1.29, 1.82) is 0 Å². The summed E-state index contributed by atoms with van der Waals surface area (Å²) in [7, 11) is 1.41. The van der Waals surface area contributed by atoms with E-state index < -0.39 is 41.0 Å². The SMILES string of the molecule is CCC(C(c1ccccc1)c1ccccc1)N(C)C(=O)c1cc(C(F)(F)F)cc(C(F)(F)F)c1. The lowest BCUT2D eigenvalue weighted by Crippen LogP contribution is -2.41. The van der Waals surface area contributed by atoms with Gasteiger partial charge < -0.3 is 4.90 Å². The lowest BCUT2D eigenvalue weighted by molar-refractivity contribution is -0.143. The maximum atomic E-state index is 13.3. The maximum absolute atomic E-state index is 13.3. The first-order valence-corrected chi connectivity index (χ1v) is 10.6. The molecule has 0 saturated carbocycles. The molecule has 0 fully saturated rings. The Kier molecular flexibility index (Phi) is 7.38. The van der Waals surface area contributed by atoms with Gasteiger partial charge in [-0.3, -0.25) is 4.79 Å². The van der Waals surface area contributed by atoms with Crippen molar-refractivity contribution >= 4 is 5.91 Å². The van der Waals surface area contributed by atoms with Crippen molar-refractivity contribution in [3.8, 4) is 0 Å². The second-order valence-electron chi connectivity index (χ2n) is 7.99. The second kappa shape index (κ2) is 9.91. The minimum absolute atomic E-state index is 0.0187. The highest BCUT2D eigenvalue weighted by Crippen LogP contribution is 2.37. The predicted molar refractivity (Wildman–Crippen MR) is 117 cm³/mol. The van der Waals surface area contributed by atoms with Crippen molar-refractivity contribution in [3.63, 3.8) is 0 Å². The van der Waals surface area contributed by atoms with Crippen molar-refractivity contribution < 1.29 is 31.1 Å². The summed E-state index contributed by atoms with van der Waals surface area (Å²) in [5.74, 6) is -1.26. The number of alkyl halides is 6. The third-order valence-electron chi connectivity index (χ3n) is 5.77. The minimum atomic E-state index is -5.03. The Morgan fingerprint density at radius 3 is 1.53 bits per heavy atom. The van der Waals surface area contributed by atoms with Crippen molar-refractivity contribution in [1.82, 2.24) is 4.90 Å². The van der Waals surface area contributed by atoms with Crippen LogP contribution in [-0.2, 0) is 12.4 Å². The van der Waals surface area contributed by atoms with Crippen molar-refractivity contribution in [3.05, 3.63) is 107 Å². The molecule has 34 heavy (non-hydrogen) atoms. The van der Waals surface area contributed by atoms with Gasteiger partial charge in [0, 0.05) is 24.6 Å². The normalized spacial score (nSPS) is 13.1. The standard InChI is InChI=1S/C26H23F6NO/c1-3-22(23(17-10-6-4-7-11-17)18-12-8-5-9-13-18)33(2)24(34)19-14-20(25(27,28)29)16-21(15-19)26(30,31)32/h4-16,22-23H,3H2,1-2H3. The molecule has 0 radical (unpaired) electrons. The summed E-state index contributed by atoms with van der Waals surface area (Å²) in [6.45, 7) is 1.82. The Morgan fingerprint density at radius 1 is 0.765 bits per heavy atom. The fourth-order valence-electron chi connectivity index (χ4n) is 4.12. The predicted octanol–water partition coefficient (Wildman–Crippen LogP) is 7.41. The third-order valence-corrected chi connectivity index (χ3v) is 5.77. The second-order valence-corrected chi connectivity index (χ2v) is 7.99. The Hall–Kier alpha value is -3.29. The molecule has 2 nitrogen and oxygen atoms in total. The van der Waals surface area contributed by atoms with E-state index in [1.807, 2.05) is 67.6 Å². The highest BCUT2D eigenvalue weighted by atomic mass is 19.4. The number of carbonyl (C=O) groups is 1. The first-order valence-electron chi connectivity index (χ1n) is 10.6. The summed E-state index contributed by atoms with van der Waals surface area (Å²) in [6.07, 6.45) is -9.65. The van der Waals surface area contributed by atoms with Crippen LogP contribution in [0.2, 0.25) is 0 Å². The number of halogens is 6. The number of hydrogen-bond acceptors (Lipinski definition) is 1. The van der Waals surface area contributed by atoms with Gasteiger partial charge in [0.1, 0.15) is 0 Å². The van der Waals surface area contributed by atoms with Gasteiger partial charge in [-0.15, -0.1) is 0 Å². The molecule has 8 heteroatoms. The zero-order valence-electron chi connectivity index (χ0n) is 18.5. The number of likely N-dealkylation sites (N-methyl/N-ethyl adjacent to an activating group) is 1. The van der Waals surface area contributed by atoms with Crippen LogP contribution in [0.15, 0.2) is 78.9 Å². The van der Waals surface area contributed by atoms with Gasteiger partial charge in [-0.25, -0.2) is 0 Å². The number of benzene rings is 3. The van der Waals surface area contributed by atoms with Gasteiger partial charge in [-0.05, 0) is 35.7 Å². The van der Waals surface area contributed by atoms with Crippen molar-refractivity contribution in [2.45, 2.75) is 37.7 Å². The molecule has 3 aromatic carbocycles. The van der Waals surface area contributed by atoms with E-state index in [-0.39, 0.29) is 12.0 Å². The Balaban J connectivity index is 2.07. The van der Waals surface area contributed by atoms with Crippen LogP contribution in [0.3, 0.4) is 0 Å². The molecule has 0 aliphatic carbocycles. The fraction of sp³-hybridized carbons (Fsp3) is 0.269. The number of hydrogen-bond donors (Lipinski definition) is 0. The van der Waals surface area contributed by atoms with Gasteiger partial charge in [0.25, 0.3) is 5.91 Å². The number of carbonyl (C=O) groups excluding carboxylic acids is 1. The quantitative estimate of drug-likeness (QED) is 0.337. The molecule has 0 aromatic heterocycles. The Labute approximate surface area is 193 Å². The molecule has 0 aliphatic rings. The van der Waals surface area contributed by atoms with Crippen LogP contribution < -0.4 is 0 Å². The molecule has 180 valence electrons. The van der Waals surface area contributed by atoms with E-state index in [1.54, 1.807) is 0 Å². The number of rotatable bonds is 6. The minimum Gasteiger partial charge on any atom is -0.338 e. The van der Waals surface area contributed by atoms with Gasteiger partial charge in [-0.1, -0.05) is 67.6 Å². The van der Waals surface area contributed by atoms with Crippen LogP contribution in [0.5, 0.6) is 0 Å². The summed E-state index contributed by atoms with van der Waals surface area (Å²) < 4.78 is 79.8. The molecule has 0 spiro atoms. The van der Waals surface area contributed by atoms with E-state index in [4.69, 9.17) is 0 Å². The monoisotopic (exact) mass is 479 g/mol. The lowest BCUT2D eigenvalue weighted by Gasteiger charge is -2.35. The van der Waals surface area contributed by atoms with E-state index in [0.29, 0.717) is 18.6 Å². The maximum Gasteiger partial charge on any atom is 0.416 e. The summed E-state index contributed by atoms with van der Waals surface area (Å²) in [5.41, 5.74) is -1.95. The molecule has 0 N–H and O–H groups in total. The Morgan fingerprint density at radius 2 is 1.18 bits per heavy atom. The van der Waals surface area contributed by atoms with Gasteiger partial charge in [0.05, 0.1) is 11.1 Å². The average Bonchev–Trinajstić information content (AvgIpc) is 2.81. The molecule has 0 saturated heterocycles. The summed E-state index contributed by atoms with van der Waals surface area (Å²) in [4.78, 5) is 14.5. The van der Waals surface area contributed by atoms with E-state index in [0.717, 1.165) is 11.1 Å². The Bertz CT molecular complexity index is 1040. The average molecular weight is 479 g/mol. The van der Waals surface area contributed by atoms with Crippen LogP contribution in [0.1, 0.15) is 51.9 Å². The van der Waals surface area contributed by atoms with Gasteiger partial charge in [0.15, 0.2) is 0 Å². The lowest BCUT2D eigenvalue weighted by atomic mass is 9.83. The summed E-state index contributed by atoms with van der Waals surface area (Å²) in [5, 5.41) is 0. The van der Waals surface area contributed by atoms with E-state index in [9.17, 15) is 31.1 Å². The molecule has 1 unspecified atom stereocenters. The molecular formula is C26H23F6NO. The topological polar surface area (TPSA) is 20.3 Å². The van der Waals surface area contributed by atoms with Crippen LogP contribution in [0.25, 0.3) is 0 Å². The van der Waals surface area contributed by atoms with Crippen LogP contribution in [-0.4, -0.2) is 23.9 Å². The van der Waals surface area contributed by atoms with Crippen LogP contribution in [0.4, 0.5) is 26.3 Å². The van der Waals surface area contributed by atoms with E-state index >= 15 is 0 Å². The third kappa shape index (κ3) is 5.61. The largest absolute Gasteiger partial charge is 0.416 e. The van der Waals surface area contributed by atoms with Gasteiger partial charge >= 0.3 is 12.4 Å².